The average molecular weight is 325 g/mol. The molecule has 2 N–H and O–H groups in total. The first-order chi connectivity index (χ1) is 11.5. The number of carbonyl (C=O) groups excluding carboxylic acids is 1. The molecule has 2 atom stereocenters. The zero-order chi connectivity index (χ0) is 17.5. The van der Waals surface area contributed by atoms with E-state index in [0.29, 0.717) is 6.42 Å². The van der Waals surface area contributed by atoms with Crippen molar-refractivity contribution >= 4 is 5.97 Å². The highest BCUT2D eigenvalue weighted by atomic mass is 16.5. The van der Waals surface area contributed by atoms with Crippen LogP contribution in [0.25, 0.3) is 11.1 Å². The number of esters is 1. The van der Waals surface area contributed by atoms with Gasteiger partial charge in [-0.15, -0.1) is 0 Å². The van der Waals surface area contributed by atoms with E-state index in [2.05, 4.69) is 36.4 Å². The summed E-state index contributed by atoms with van der Waals surface area (Å²) in [5, 5.41) is 0. The van der Waals surface area contributed by atoms with Gasteiger partial charge in [0.2, 0.25) is 0 Å². The highest BCUT2D eigenvalue weighted by Gasteiger charge is 2.19. The molecule has 0 saturated carbocycles. The molecule has 2 aromatic carbocycles. The Morgan fingerprint density at radius 2 is 1.54 bits per heavy atom. The van der Waals surface area contributed by atoms with Crippen molar-refractivity contribution < 1.29 is 9.53 Å². The van der Waals surface area contributed by atoms with E-state index in [1.165, 1.54) is 16.7 Å². The van der Waals surface area contributed by atoms with Crippen LogP contribution < -0.4 is 5.73 Å². The van der Waals surface area contributed by atoms with Gasteiger partial charge in [-0.25, -0.2) is 0 Å². The molecule has 0 amide bonds. The van der Waals surface area contributed by atoms with Gasteiger partial charge in [0, 0.05) is 6.04 Å². The molecule has 3 heteroatoms. The lowest BCUT2D eigenvalue weighted by molar-refractivity contribution is -0.152. The van der Waals surface area contributed by atoms with E-state index in [1.54, 1.807) is 0 Å². The molecule has 0 aliphatic carbocycles. The van der Waals surface area contributed by atoms with Crippen molar-refractivity contribution in [1.82, 2.24) is 0 Å². The van der Waals surface area contributed by atoms with Crippen molar-refractivity contribution in [3.05, 3.63) is 60.2 Å². The normalized spacial score (nSPS) is 13.5. The topological polar surface area (TPSA) is 52.3 Å². The van der Waals surface area contributed by atoms with Crippen molar-refractivity contribution in [3.8, 4) is 11.1 Å². The summed E-state index contributed by atoms with van der Waals surface area (Å²) >= 11 is 0. The third-order valence-corrected chi connectivity index (χ3v) is 3.97. The van der Waals surface area contributed by atoms with E-state index in [9.17, 15) is 4.79 Å². The van der Waals surface area contributed by atoms with Crippen LogP contribution in [0.5, 0.6) is 0 Å². The number of benzene rings is 2. The van der Waals surface area contributed by atoms with Crippen molar-refractivity contribution in [3.63, 3.8) is 0 Å². The highest BCUT2D eigenvalue weighted by Crippen LogP contribution is 2.20. The van der Waals surface area contributed by atoms with Crippen molar-refractivity contribution in [2.75, 3.05) is 0 Å². The molecule has 0 aliphatic heterocycles. The van der Waals surface area contributed by atoms with E-state index >= 15 is 0 Å². The Morgan fingerprint density at radius 1 is 0.958 bits per heavy atom. The van der Waals surface area contributed by atoms with Crippen LogP contribution >= 0.6 is 0 Å². The minimum absolute atomic E-state index is 0.0534. The minimum Gasteiger partial charge on any atom is -0.463 e. The lowest BCUT2D eigenvalue weighted by Crippen LogP contribution is -2.29. The third kappa shape index (κ3) is 5.50. The lowest BCUT2D eigenvalue weighted by Gasteiger charge is -2.18. The summed E-state index contributed by atoms with van der Waals surface area (Å²) in [6, 6.07) is 18.7. The lowest BCUT2D eigenvalue weighted by atomic mass is 9.95. The number of rotatable bonds is 7. The average Bonchev–Trinajstić information content (AvgIpc) is 2.55. The number of nitrogens with two attached hydrogens (primary N) is 1. The van der Waals surface area contributed by atoms with Gasteiger partial charge in [-0.1, -0.05) is 61.5 Å². The first-order valence-corrected chi connectivity index (χ1v) is 8.56. The molecule has 0 radical (unpaired) electrons. The molecule has 2 aromatic rings. The zero-order valence-corrected chi connectivity index (χ0v) is 14.7. The Balaban J connectivity index is 1.90. The van der Waals surface area contributed by atoms with E-state index < -0.39 is 0 Å². The Hall–Kier alpha value is -2.13. The van der Waals surface area contributed by atoms with E-state index in [-0.39, 0.29) is 24.0 Å². The summed E-state index contributed by atoms with van der Waals surface area (Å²) in [5.41, 5.74) is 9.81. The van der Waals surface area contributed by atoms with Gasteiger partial charge in [0.1, 0.15) is 0 Å². The maximum atomic E-state index is 11.9. The predicted octanol–water partition coefficient (Wildman–Crippen LogP) is 4.20. The molecule has 0 heterocycles. The second-order valence-electron chi connectivity index (χ2n) is 6.65. The Bertz CT molecular complexity index is 635. The van der Waals surface area contributed by atoms with Crippen molar-refractivity contribution in [2.45, 2.75) is 45.8 Å². The van der Waals surface area contributed by atoms with Crippen LogP contribution in [0.1, 0.15) is 32.8 Å². The van der Waals surface area contributed by atoms with Crippen LogP contribution in [0.15, 0.2) is 54.6 Å². The zero-order valence-electron chi connectivity index (χ0n) is 14.7. The smallest absolute Gasteiger partial charge is 0.308 e. The molecule has 0 saturated heterocycles. The van der Waals surface area contributed by atoms with Gasteiger partial charge in [-0.2, -0.15) is 0 Å². The van der Waals surface area contributed by atoms with Gasteiger partial charge in [0.25, 0.3) is 0 Å². The van der Waals surface area contributed by atoms with E-state index in [4.69, 9.17) is 10.5 Å². The second-order valence-corrected chi connectivity index (χ2v) is 6.65. The molecular weight excluding hydrogens is 298 g/mol. The van der Waals surface area contributed by atoms with E-state index in [1.807, 2.05) is 39.0 Å². The molecule has 2 unspecified atom stereocenters. The quantitative estimate of drug-likeness (QED) is 0.776. The summed E-state index contributed by atoms with van der Waals surface area (Å²) in [5.74, 6) is -0.342. The fourth-order valence-electron chi connectivity index (χ4n) is 2.75. The molecule has 3 nitrogen and oxygen atoms in total. The highest BCUT2D eigenvalue weighted by molar-refractivity contribution is 5.72. The molecule has 2 rings (SSSR count). The minimum atomic E-state index is -0.175. The summed E-state index contributed by atoms with van der Waals surface area (Å²) < 4.78 is 5.23. The molecule has 0 fully saturated rings. The van der Waals surface area contributed by atoms with Gasteiger partial charge in [-0.05, 0) is 43.4 Å². The molecule has 0 aromatic heterocycles. The van der Waals surface area contributed by atoms with Gasteiger partial charge in [-0.3, -0.25) is 4.79 Å². The molecule has 0 bridgehead atoms. The first-order valence-electron chi connectivity index (χ1n) is 8.56. The Morgan fingerprint density at radius 3 is 2.12 bits per heavy atom. The van der Waals surface area contributed by atoms with Gasteiger partial charge in [0.05, 0.1) is 12.0 Å². The van der Waals surface area contributed by atoms with Crippen LogP contribution in [-0.2, 0) is 16.0 Å². The van der Waals surface area contributed by atoms with Crippen LogP contribution in [0.2, 0.25) is 0 Å². The first kappa shape index (κ1) is 18.2. The molecule has 0 aliphatic rings. The fourth-order valence-corrected chi connectivity index (χ4v) is 2.75. The summed E-state index contributed by atoms with van der Waals surface area (Å²) in [6.45, 7) is 5.60. The van der Waals surface area contributed by atoms with Gasteiger partial charge < -0.3 is 10.5 Å². The van der Waals surface area contributed by atoms with E-state index in [0.717, 1.165) is 6.42 Å². The molecular formula is C21H27NO2. The Labute approximate surface area is 144 Å². The molecule has 0 spiro atoms. The largest absolute Gasteiger partial charge is 0.463 e. The third-order valence-electron chi connectivity index (χ3n) is 3.97. The molecule has 24 heavy (non-hydrogen) atoms. The second kappa shape index (κ2) is 8.65. The fraction of sp³-hybridized carbons (Fsp3) is 0.381. The van der Waals surface area contributed by atoms with Gasteiger partial charge in [0.15, 0.2) is 0 Å². The Kier molecular flexibility index (Phi) is 6.56. The number of hydrogen-bond acceptors (Lipinski definition) is 3. The van der Waals surface area contributed by atoms with Gasteiger partial charge >= 0.3 is 5.97 Å². The standard InChI is InChI=1S/C21H27NO2/c1-15(2)24-21(23)16(3)13-20(22)14-17-9-11-19(12-10-17)18-7-5-4-6-8-18/h4-12,15-16,20H,13-14,22H2,1-3H3. The van der Waals surface area contributed by atoms with Crippen molar-refractivity contribution in [1.29, 1.82) is 0 Å². The van der Waals surface area contributed by atoms with Crippen LogP contribution in [0.4, 0.5) is 0 Å². The number of hydrogen-bond donors (Lipinski definition) is 1. The SMILES string of the molecule is CC(C)OC(=O)C(C)CC(N)Cc1ccc(-c2ccccc2)cc1. The summed E-state index contributed by atoms with van der Waals surface area (Å²) in [4.78, 5) is 11.9. The monoisotopic (exact) mass is 325 g/mol. The summed E-state index contributed by atoms with van der Waals surface area (Å²) in [6.07, 6.45) is 1.31. The predicted molar refractivity (Wildman–Crippen MR) is 98.6 cm³/mol. The van der Waals surface area contributed by atoms with Crippen LogP contribution in [0, 0.1) is 5.92 Å². The summed E-state index contributed by atoms with van der Waals surface area (Å²) in [7, 11) is 0. The van der Waals surface area contributed by atoms with Crippen LogP contribution in [0.3, 0.4) is 0 Å². The maximum absolute atomic E-state index is 11.9. The van der Waals surface area contributed by atoms with Crippen LogP contribution in [-0.4, -0.2) is 18.1 Å². The molecule has 128 valence electrons. The number of ether oxygens (including phenoxy) is 1. The maximum Gasteiger partial charge on any atom is 0.308 e. The number of carbonyl (C=O) groups is 1. The van der Waals surface area contributed by atoms with Crippen molar-refractivity contribution in [2.24, 2.45) is 11.7 Å².